The fourth-order valence-corrected chi connectivity index (χ4v) is 1.74. The molecule has 0 fully saturated rings. The summed E-state index contributed by atoms with van der Waals surface area (Å²) in [4.78, 5) is 0. The molecule has 1 rings (SSSR count). The largest absolute Gasteiger partial charge is 0.504 e. The minimum absolute atomic E-state index is 0.209. The van der Waals surface area contributed by atoms with E-state index in [0.717, 1.165) is 11.8 Å². The Morgan fingerprint density at radius 2 is 2.06 bits per heavy atom. The van der Waals surface area contributed by atoms with Crippen LogP contribution in [0.25, 0.3) is 0 Å². The highest BCUT2D eigenvalue weighted by molar-refractivity contribution is 9.09. The van der Waals surface area contributed by atoms with Crippen LogP contribution in [0.15, 0.2) is 18.2 Å². The van der Waals surface area contributed by atoms with Crippen LogP contribution in [0.1, 0.15) is 26.3 Å². The predicted octanol–water partition coefficient (Wildman–Crippen LogP) is 3.75. The van der Waals surface area contributed by atoms with Gasteiger partial charge in [0.2, 0.25) is 0 Å². The van der Waals surface area contributed by atoms with Gasteiger partial charge in [-0.3, -0.25) is 0 Å². The zero-order valence-corrected chi connectivity index (χ0v) is 11.7. The number of halogens is 1. The molecule has 1 N–H and O–H groups in total. The van der Waals surface area contributed by atoms with Crippen molar-refractivity contribution in [2.24, 2.45) is 5.41 Å². The van der Waals surface area contributed by atoms with Gasteiger partial charge in [0.25, 0.3) is 0 Å². The number of aromatic hydroxyl groups is 1. The number of benzene rings is 1. The first-order valence-corrected chi connectivity index (χ1v) is 6.61. The van der Waals surface area contributed by atoms with Crippen LogP contribution in [0.2, 0.25) is 0 Å². The molecule has 0 radical (unpaired) electrons. The van der Waals surface area contributed by atoms with Gasteiger partial charge in [0.05, 0.1) is 6.61 Å². The van der Waals surface area contributed by atoms with Gasteiger partial charge >= 0.3 is 0 Å². The third kappa shape index (κ3) is 3.71. The van der Waals surface area contributed by atoms with Gasteiger partial charge in [-0.15, -0.1) is 0 Å². The van der Waals surface area contributed by atoms with Crippen LogP contribution in [0.4, 0.5) is 0 Å². The summed E-state index contributed by atoms with van der Waals surface area (Å²) in [7, 11) is 0. The Morgan fingerprint density at radius 3 is 2.62 bits per heavy atom. The average molecular weight is 287 g/mol. The number of alkyl halides is 1. The molecule has 0 aliphatic carbocycles. The molecule has 1 aromatic carbocycles. The van der Waals surface area contributed by atoms with E-state index >= 15 is 0 Å². The molecule has 0 heterocycles. The maximum absolute atomic E-state index is 9.59. The molecule has 0 saturated carbocycles. The van der Waals surface area contributed by atoms with Gasteiger partial charge in [-0.1, -0.05) is 35.8 Å². The van der Waals surface area contributed by atoms with Gasteiger partial charge < -0.3 is 9.84 Å². The number of phenols is 1. The highest BCUT2D eigenvalue weighted by atomic mass is 79.9. The molecule has 0 aliphatic heterocycles. The van der Waals surface area contributed by atoms with E-state index in [1.807, 2.05) is 19.1 Å². The summed E-state index contributed by atoms with van der Waals surface area (Å²) < 4.78 is 5.36. The lowest BCUT2D eigenvalue weighted by Crippen LogP contribution is -2.16. The van der Waals surface area contributed by atoms with E-state index in [0.29, 0.717) is 12.4 Å². The quantitative estimate of drug-likeness (QED) is 0.836. The van der Waals surface area contributed by atoms with E-state index in [4.69, 9.17) is 4.74 Å². The first-order valence-electron chi connectivity index (χ1n) is 5.49. The number of phenolic OH excluding ortho intramolecular Hbond substituents is 1. The van der Waals surface area contributed by atoms with E-state index < -0.39 is 0 Å². The molecular weight excluding hydrogens is 268 g/mol. The average Bonchev–Trinajstić information content (AvgIpc) is 2.23. The van der Waals surface area contributed by atoms with Crippen molar-refractivity contribution in [1.82, 2.24) is 0 Å². The maximum Gasteiger partial charge on any atom is 0.161 e. The van der Waals surface area contributed by atoms with Crippen LogP contribution in [0, 0.1) is 5.41 Å². The van der Waals surface area contributed by atoms with E-state index in [9.17, 15) is 5.11 Å². The molecular formula is C13H19BrO2. The standard InChI is InChI=1S/C13H19BrO2/c1-4-16-12-7-10(5-6-11(12)15)8-13(2,3)9-14/h5-7,15H,4,8-9H2,1-3H3. The van der Waals surface area contributed by atoms with E-state index in [1.165, 1.54) is 5.56 Å². The molecule has 90 valence electrons. The summed E-state index contributed by atoms with van der Waals surface area (Å²) in [6.45, 7) is 6.89. The second-order valence-electron chi connectivity index (χ2n) is 4.71. The minimum atomic E-state index is 0.209. The van der Waals surface area contributed by atoms with Gasteiger partial charge in [-0.05, 0) is 36.5 Å². The molecule has 0 saturated heterocycles. The zero-order valence-electron chi connectivity index (χ0n) is 10.1. The predicted molar refractivity (Wildman–Crippen MR) is 70.6 cm³/mol. The van der Waals surface area contributed by atoms with Gasteiger partial charge in [0, 0.05) is 5.33 Å². The normalized spacial score (nSPS) is 11.5. The molecule has 3 heteroatoms. The Kier molecular flexibility index (Phi) is 4.66. The Morgan fingerprint density at radius 1 is 1.38 bits per heavy atom. The first-order chi connectivity index (χ1) is 7.48. The molecule has 2 nitrogen and oxygen atoms in total. The topological polar surface area (TPSA) is 29.5 Å². The smallest absolute Gasteiger partial charge is 0.161 e. The number of hydrogen-bond acceptors (Lipinski definition) is 2. The molecule has 0 amide bonds. The molecule has 16 heavy (non-hydrogen) atoms. The van der Waals surface area contributed by atoms with Crippen molar-refractivity contribution in [1.29, 1.82) is 0 Å². The van der Waals surface area contributed by atoms with Crippen LogP contribution >= 0.6 is 15.9 Å². The van der Waals surface area contributed by atoms with E-state index in [-0.39, 0.29) is 11.2 Å². The first kappa shape index (κ1) is 13.4. The summed E-state index contributed by atoms with van der Waals surface area (Å²) >= 11 is 3.51. The van der Waals surface area contributed by atoms with Crippen molar-refractivity contribution >= 4 is 15.9 Å². The van der Waals surface area contributed by atoms with Gasteiger partial charge in [-0.25, -0.2) is 0 Å². The lowest BCUT2D eigenvalue weighted by molar-refractivity contribution is 0.317. The lowest BCUT2D eigenvalue weighted by atomic mass is 9.88. The lowest BCUT2D eigenvalue weighted by Gasteiger charge is -2.22. The number of hydrogen-bond donors (Lipinski definition) is 1. The fourth-order valence-electron chi connectivity index (χ4n) is 1.54. The van der Waals surface area contributed by atoms with Crippen molar-refractivity contribution in [3.8, 4) is 11.5 Å². The maximum atomic E-state index is 9.59. The molecule has 1 aromatic rings. The van der Waals surface area contributed by atoms with Gasteiger partial charge in [-0.2, -0.15) is 0 Å². The summed E-state index contributed by atoms with van der Waals surface area (Å²) in [5.41, 5.74) is 1.39. The van der Waals surface area contributed by atoms with E-state index in [1.54, 1.807) is 6.07 Å². The van der Waals surface area contributed by atoms with Crippen LogP contribution < -0.4 is 4.74 Å². The zero-order chi connectivity index (χ0) is 12.2. The van der Waals surface area contributed by atoms with Crippen molar-refractivity contribution < 1.29 is 9.84 Å². The summed E-state index contributed by atoms with van der Waals surface area (Å²) in [6.07, 6.45) is 0.957. The van der Waals surface area contributed by atoms with E-state index in [2.05, 4.69) is 29.8 Å². The monoisotopic (exact) mass is 286 g/mol. The summed E-state index contributed by atoms with van der Waals surface area (Å²) in [5, 5.41) is 10.5. The minimum Gasteiger partial charge on any atom is -0.504 e. The second-order valence-corrected chi connectivity index (χ2v) is 5.27. The van der Waals surface area contributed by atoms with Crippen LogP contribution in [-0.2, 0) is 6.42 Å². The second kappa shape index (κ2) is 5.58. The summed E-state index contributed by atoms with van der Waals surface area (Å²) in [6, 6.07) is 5.57. The molecule has 0 aliphatic rings. The number of rotatable bonds is 5. The van der Waals surface area contributed by atoms with Crippen molar-refractivity contribution in [2.45, 2.75) is 27.2 Å². The molecule has 0 spiro atoms. The highest BCUT2D eigenvalue weighted by Crippen LogP contribution is 2.30. The number of ether oxygens (including phenoxy) is 1. The SMILES string of the molecule is CCOc1cc(CC(C)(C)CBr)ccc1O. The molecule has 0 unspecified atom stereocenters. The Balaban J connectivity index is 2.86. The molecule has 0 atom stereocenters. The van der Waals surface area contributed by atoms with Crippen LogP contribution in [-0.4, -0.2) is 17.0 Å². The third-order valence-corrected chi connectivity index (χ3v) is 3.89. The Hall–Kier alpha value is -0.700. The van der Waals surface area contributed by atoms with Crippen molar-refractivity contribution in [2.75, 3.05) is 11.9 Å². The van der Waals surface area contributed by atoms with Gasteiger partial charge in [0.1, 0.15) is 0 Å². The Bertz CT molecular complexity index is 348. The Labute approximate surface area is 106 Å². The van der Waals surface area contributed by atoms with Crippen molar-refractivity contribution in [3.63, 3.8) is 0 Å². The van der Waals surface area contributed by atoms with Crippen molar-refractivity contribution in [3.05, 3.63) is 23.8 Å². The highest BCUT2D eigenvalue weighted by Gasteiger charge is 2.17. The third-order valence-electron chi connectivity index (χ3n) is 2.37. The summed E-state index contributed by atoms with van der Waals surface area (Å²) in [5.74, 6) is 0.785. The molecule has 0 bridgehead atoms. The van der Waals surface area contributed by atoms with Crippen LogP contribution in [0.5, 0.6) is 11.5 Å². The van der Waals surface area contributed by atoms with Gasteiger partial charge in [0.15, 0.2) is 11.5 Å². The fraction of sp³-hybridized carbons (Fsp3) is 0.538. The molecule has 0 aromatic heterocycles. The van der Waals surface area contributed by atoms with Crippen LogP contribution in [0.3, 0.4) is 0 Å².